The number of hydrogen-bond acceptors (Lipinski definition) is 4. The molecule has 1 aliphatic carbocycles. The van der Waals surface area contributed by atoms with Crippen LogP contribution in [0, 0.1) is 0 Å². The van der Waals surface area contributed by atoms with Crippen molar-refractivity contribution in [3.8, 4) is 22.6 Å². The van der Waals surface area contributed by atoms with Crippen molar-refractivity contribution in [2.75, 3.05) is 20.3 Å². The first kappa shape index (κ1) is 18.6. The predicted molar refractivity (Wildman–Crippen MR) is 116 cm³/mol. The summed E-state index contributed by atoms with van der Waals surface area (Å²) in [7, 11) is 1.65. The second kappa shape index (κ2) is 7.80. The normalized spacial score (nSPS) is 13.6. The fourth-order valence-corrected chi connectivity index (χ4v) is 3.97. The van der Waals surface area contributed by atoms with E-state index in [9.17, 15) is 4.79 Å². The van der Waals surface area contributed by atoms with Gasteiger partial charge in [0, 0.05) is 30.0 Å². The van der Waals surface area contributed by atoms with Crippen molar-refractivity contribution in [1.82, 2.24) is 14.5 Å². The Kier molecular flexibility index (Phi) is 4.85. The van der Waals surface area contributed by atoms with Crippen LogP contribution in [-0.4, -0.2) is 34.9 Å². The van der Waals surface area contributed by atoms with E-state index in [0.29, 0.717) is 30.2 Å². The van der Waals surface area contributed by atoms with Crippen LogP contribution in [0.1, 0.15) is 24.5 Å². The molecule has 6 heteroatoms. The number of hydrogen-bond donors (Lipinski definition) is 1. The molecular weight excluding hydrogens is 378 g/mol. The molecular formula is C24H23N3O3. The molecule has 0 aliphatic heterocycles. The number of rotatable bonds is 7. The van der Waals surface area contributed by atoms with E-state index in [2.05, 4.69) is 26.7 Å². The maximum absolute atomic E-state index is 12.9. The van der Waals surface area contributed by atoms with Crippen LogP contribution in [0.5, 0.6) is 5.75 Å². The van der Waals surface area contributed by atoms with Gasteiger partial charge >= 0.3 is 0 Å². The number of nitrogens with zero attached hydrogens (tertiary/aromatic N) is 2. The predicted octanol–water partition coefficient (Wildman–Crippen LogP) is 4.28. The summed E-state index contributed by atoms with van der Waals surface area (Å²) in [5.74, 6) is 1.20. The monoisotopic (exact) mass is 401 g/mol. The van der Waals surface area contributed by atoms with Gasteiger partial charge in [-0.1, -0.05) is 30.3 Å². The summed E-state index contributed by atoms with van der Waals surface area (Å²) in [4.78, 5) is 20.2. The Hall–Kier alpha value is -3.38. The highest BCUT2D eigenvalue weighted by molar-refractivity contribution is 5.97. The van der Waals surface area contributed by atoms with Crippen molar-refractivity contribution in [3.05, 3.63) is 77.0 Å². The van der Waals surface area contributed by atoms with Crippen LogP contribution in [-0.2, 0) is 4.74 Å². The molecule has 0 amide bonds. The number of para-hydroxylation sites is 1. The summed E-state index contributed by atoms with van der Waals surface area (Å²) in [5, 5.41) is 0.635. The maximum Gasteiger partial charge on any atom is 0.260 e. The van der Waals surface area contributed by atoms with Crippen molar-refractivity contribution in [1.29, 1.82) is 0 Å². The zero-order valence-corrected chi connectivity index (χ0v) is 16.8. The summed E-state index contributed by atoms with van der Waals surface area (Å²) in [6, 6.07) is 18.1. The molecule has 1 N–H and O–H groups in total. The van der Waals surface area contributed by atoms with E-state index in [-0.39, 0.29) is 5.56 Å². The van der Waals surface area contributed by atoms with Gasteiger partial charge in [-0.2, -0.15) is 0 Å². The molecule has 152 valence electrons. The second-order valence-electron chi connectivity index (χ2n) is 7.50. The van der Waals surface area contributed by atoms with Gasteiger partial charge in [-0.3, -0.25) is 9.36 Å². The van der Waals surface area contributed by atoms with Gasteiger partial charge in [0.25, 0.3) is 5.56 Å². The van der Waals surface area contributed by atoms with E-state index < -0.39 is 0 Å². The minimum atomic E-state index is -0.119. The second-order valence-corrected chi connectivity index (χ2v) is 7.50. The summed E-state index contributed by atoms with van der Waals surface area (Å²) < 4.78 is 12.9. The van der Waals surface area contributed by atoms with E-state index in [1.807, 2.05) is 42.5 Å². The molecule has 0 spiro atoms. The number of benzene rings is 2. The third-order valence-corrected chi connectivity index (χ3v) is 5.47. The Balaban J connectivity index is 1.71. The van der Waals surface area contributed by atoms with Crippen LogP contribution in [0.4, 0.5) is 0 Å². The zero-order valence-electron chi connectivity index (χ0n) is 16.8. The molecule has 0 unspecified atom stereocenters. The molecule has 1 saturated carbocycles. The Bertz CT molecular complexity index is 1220. The number of aromatic nitrogens is 3. The quantitative estimate of drug-likeness (QED) is 0.469. The number of ether oxygens (including phenoxy) is 2. The van der Waals surface area contributed by atoms with Crippen LogP contribution in [0.2, 0.25) is 0 Å². The van der Waals surface area contributed by atoms with Crippen molar-refractivity contribution in [3.63, 3.8) is 0 Å². The molecule has 1 fully saturated rings. The SMILES string of the molecule is COCCOc1ccc(-c2c(C3CC3)n(-c3ccccc3)c3nc[nH]c(=O)c23)cc1. The van der Waals surface area contributed by atoms with Gasteiger partial charge < -0.3 is 14.5 Å². The van der Waals surface area contributed by atoms with Gasteiger partial charge in [0.05, 0.1) is 18.3 Å². The van der Waals surface area contributed by atoms with Crippen LogP contribution < -0.4 is 10.3 Å². The zero-order chi connectivity index (χ0) is 20.5. The van der Waals surface area contributed by atoms with Gasteiger partial charge in [-0.05, 0) is 42.7 Å². The first-order valence-electron chi connectivity index (χ1n) is 10.2. The van der Waals surface area contributed by atoms with Crippen molar-refractivity contribution in [2.24, 2.45) is 0 Å². The molecule has 2 aromatic carbocycles. The average molecular weight is 401 g/mol. The fourth-order valence-electron chi connectivity index (χ4n) is 3.97. The molecule has 4 aromatic rings. The molecule has 0 radical (unpaired) electrons. The lowest BCUT2D eigenvalue weighted by Gasteiger charge is -2.12. The lowest BCUT2D eigenvalue weighted by Crippen LogP contribution is -2.07. The lowest BCUT2D eigenvalue weighted by atomic mass is 10.0. The Morgan fingerprint density at radius 1 is 1.07 bits per heavy atom. The van der Waals surface area contributed by atoms with Crippen LogP contribution in [0.25, 0.3) is 27.8 Å². The summed E-state index contributed by atoms with van der Waals surface area (Å²) in [6.07, 6.45) is 3.72. The highest BCUT2D eigenvalue weighted by Crippen LogP contribution is 2.48. The molecule has 1 aliphatic rings. The van der Waals surface area contributed by atoms with E-state index in [4.69, 9.17) is 9.47 Å². The lowest BCUT2D eigenvalue weighted by molar-refractivity contribution is 0.146. The number of aromatic amines is 1. The summed E-state index contributed by atoms with van der Waals surface area (Å²) in [5.41, 5.74) is 4.72. The molecule has 30 heavy (non-hydrogen) atoms. The van der Waals surface area contributed by atoms with E-state index >= 15 is 0 Å². The van der Waals surface area contributed by atoms with Gasteiger partial charge in [-0.15, -0.1) is 0 Å². The number of nitrogens with one attached hydrogen (secondary N) is 1. The molecule has 0 bridgehead atoms. The van der Waals surface area contributed by atoms with Gasteiger partial charge in [0.15, 0.2) is 5.65 Å². The Labute approximate surface area is 174 Å². The van der Waals surface area contributed by atoms with E-state index in [0.717, 1.165) is 41.1 Å². The molecule has 0 atom stereocenters. The van der Waals surface area contributed by atoms with Crippen molar-refractivity contribution < 1.29 is 9.47 Å². The molecule has 2 heterocycles. The molecule has 5 rings (SSSR count). The first-order valence-corrected chi connectivity index (χ1v) is 10.2. The van der Waals surface area contributed by atoms with Crippen LogP contribution in [0.3, 0.4) is 0 Å². The largest absolute Gasteiger partial charge is 0.491 e. The number of fused-ring (bicyclic) bond motifs is 1. The Morgan fingerprint density at radius 3 is 2.53 bits per heavy atom. The van der Waals surface area contributed by atoms with E-state index in [1.165, 1.54) is 6.33 Å². The standard InChI is InChI=1S/C24H23N3O3/c1-29-13-14-30-19-11-9-16(10-12-19)20-21-23(25-15-26-24(21)28)27(22(20)17-7-8-17)18-5-3-2-4-6-18/h2-6,9-12,15,17H,7-8,13-14H2,1H3,(H,25,26,28). The van der Waals surface area contributed by atoms with Gasteiger partial charge in [-0.25, -0.2) is 4.98 Å². The first-order chi connectivity index (χ1) is 14.8. The minimum absolute atomic E-state index is 0.119. The maximum atomic E-state index is 12.9. The number of methoxy groups -OCH3 is 1. The topological polar surface area (TPSA) is 69.1 Å². The van der Waals surface area contributed by atoms with Crippen LogP contribution >= 0.6 is 0 Å². The van der Waals surface area contributed by atoms with E-state index in [1.54, 1.807) is 7.11 Å². The van der Waals surface area contributed by atoms with Gasteiger partial charge in [0.1, 0.15) is 12.4 Å². The fraction of sp³-hybridized carbons (Fsp3) is 0.250. The molecule has 0 saturated heterocycles. The average Bonchev–Trinajstić information content (AvgIpc) is 3.56. The third kappa shape index (κ3) is 3.29. The van der Waals surface area contributed by atoms with Crippen molar-refractivity contribution >= 4 is 11.0 Å². The van der Waals surface area contributed by atoms with Gasteiger partial charge in [0.2, 0.25) is 0 Å². The highest BCUT2D eigenvalue weighted by Gasteiger charge is 2.34. The smallest absolute Gasteiger partial charge is 0.260 e. The molecule has 2 aromatic heterocycles. The summed E-state index contributed by atoms with van der Waals surface area (Å²) in [6.45, 7) is 1.04. The third-order valence-electron chi connectivity index (χ3n) is 5.47. The molecule has 6 nitrogen and oxygen atoms in total. The highest BCUT2D eigenvalue weighted by atomic mass is 16.5. The Morgan fingerprint density at radius 2 is 1.83 bits per heavy atom. The van der Waals surface area contributed by atoms with Crippen LogP contribution in [0.15, 0.2) is 65.7 Å². The minimum Gasteiger partial charge on any atom is -0.491 e. The summed E-state index contributed by atoms with van der Waals surface area (Å²) >= 11 is 0. The van der Waals surface area contributed by atoms with Crippen molar-refractivity contribution in [2.45, 2.75) is 18.8 Å². The number of H-pyrrole nitrogens is 1.